The van der Waals surface area contributed by atoms with Gasteiger partial charge in [0.25, 0.3) is 0 Å². The van der Waals surface area contributed by atoms with Gasteiger partial charge in [-0.3, -0.25) is 9.59 Å². The third kappa shape index (κ3) is 4.79. The highest BCUT2D eigenvalue weighted by molar-refractivity contribution is 7.89. The van der Waals surface area contributed by atoms with Gasteiger partial charge in [-0.05, 0) is 69.4 Å². The summed E-state index contributed by atoms with van der Waals surface area (Å²) in [6.07, 6.45) is -0.140. The molecular weight excluding hydrogens is 344 g/mol. The fourth-order valence-electron chi connectivity index (χ4n) is 2.62. The first kappa shape index (κ1) is 21.1. The lowest BCUT2D eigenvalue weighted by molar-refractivity contribution is -0.141. The second-order valence-corrected chi connectivity index (χ2v) is 7.93. The Morgan fingerprint density at radius 3 is 1.84 bits per heavy atom. The van der Waals surface area contributed by atoms with Crippen LogP contribution in [0.2, 0.25) is 0 Å². The molecule has 1 aromatic carbocycles. The van der Waals surface area contributed by atoms with Gasteiger partial charge in [-0.15, -0.1) is 0 Å². The number of amides is 1. The van der Waals surface area contributed by atoms with E-state index in [0.29, 0.717) is 11.1 Å². The van der Waals surface area contributed by atoms with Crippen molar-refractivity contribution in [3.63, 3.8) is 0 Å². The summed E-state index contributed by atoms with van der Waals surface area (Å²) in [6, 6.07) is -1.02. The first-order valence-electron chi connectivity index (χ1n) is 7.99. The maximum absolute atomic E-state index is 12.7. The van der Waals surface area contributed by atoms with E-state index in [-0.39, 0.29) is 17.9 Å². The molecular formula is C17H26N2O5S. The van der Waals surface area contributed by atoms with Crippen molar-refractivity contribution in [2.45, 2.75) is 58.9 Å². The average Bonchev–Trinajstić information content (AvgIpc) is 2.50. The van der Waals surface area contributed by atoms with Crippen molar-refractivity contribution >= 4 is 21.9 Å². The highest BCUT2D eigenvalue weighted by Crippen LogP contribution is 2.29. The van der Waals surface area contributed by atoms with Crippen LogP contribution in [0.25, 0.3) is 0 Å². The zero-order valence-electron chi connectivity index (χ0n) is 15.5. The van der Waals surface area contributed by atoms with Crippen LogP contribution >= 0.6 is 0 Å². The molecule has 0 fully saturated rings. The van der Waals surface area contributed by atoms with Gasteiger partial charge in [0.1, 0.15) is 6.04 Å². The highest BCUT2D eigenvalue weighted by atomic mass is 32.2. The Labute approximate surface area is 148 Å². The van der Waals surface area contributed by atoms with Crippen LogP contribution in [-0.4, -0.2) is 38.0 Å². The molecule has 25 heavy (non-hydrogen) atoms. The van der Waals surface area contributed by atoms with Crippen LogP contribution in [0, 0.1) is 34.6 Å². The Kier molecular flexibility index (Phi) is 6.73. The summed E-state index contributed by atoms with van der Waals surface area (Å²) in [5, 5.41) is 11.0. The fourth-order valence-corrected chi connectivity index (χ4v) is 4.24. The molecule has 7 nitrogen and oxygen atoms in total. The van der Waals surface area contributed by atoms with E-state index in [1.54, 1.807) is 13.8 Å². The first-order chi connectivity index (χ1) is 11.4. The molecule has 140 valence electrons. The number of nitrogens with one attached hydrogen (secondary N) is 2. The molecule has 1 rings (SSSR count). The minimum atomic E-state index is -3.77. The Hall–Kier alpha value is -1.93. The van der Waals surface area contributed by atoms with Gasteiger partial charge in [-0.2, -0.15) is 0 Å². The number of hydrogen-bond acceptors (Lipinski definition) is 4. The lowest BCUT2D eigenvalue weighted by atomic mass is 9.95. The molecule has 0 aliphatic carbocycles. The maximum atomic E-state index is 12.7. The number of carboxylic acids is 1. The Bertz CT molecular complexity index is 771. The molecule has 0 aliphatic heterocycles. The molecule has 1 amide bonds. The molecule has 1 atom stereocenters. The molecule has 0 bridgehead atoms. The monoisotopic (exact) mass is 370 g/mol. The van der Waals surface area contributed by atoms with Crippen LogP contribution in [0.4, 0.5) is 0 Å². The summed E-state index contributed by atoms with van der Waals surface area (Å²) >= 11 is 0. The predicted octanol–water partition coefficient (Wildman–Crippen LogP) is 1.49. The molecule has 0 unspecified atom stereocenters. The smallest absolute Gasteiger partial charge is 0.325 e. The predicted molar refractivity (Wildman–Crippen MR) is 95.2 cm³/mol. The zero-order valence-corrected chi connectivity index (χ0v) is 16.3. The maximum Gasteiger partial charge on any atom is 0.325 e. The van der Waals surface area contributed by atoms with Crippen LogP contribution in [0.1, 0.15) is 41.2 Å². The zero-order chi connectivity index (χ0) is 19.5. The molecule has 0 aliphatic rings. The molecule has 0 aromatic heterocycles. The minimum absolute atomic E-state index is 0.106. The quantitative estimate of drug-likeness (QED) is 0.673. The van der Waals surface area contributed by atoms with E-state index in [4.69, 9.17) is 5.11 Å². The summed E-state index contributed by atoms with van der Waals surface area (Å²) in [7, 11) is -3.77. The fraction of sp³-hybridized carbons (Fsp3) is 0.529. The number of carbonyl (C=O) groups is 2. The summed E-state index contributed by atoms with van der Waals surface area (Å²) in [4.78, 5) is 22.6. The van der Waals surface area contributed by atoms with Crippen molar-refractivity contribution < 1.29 is 23.1 Å². The van der Waals surface area contributed by atoms with Gasteiger partial charge in [-0.1, -0.05) is 0 Å². The van der Waals surface area contributed by atoms with E-state index in [0.717, 1.165) is 16.7 Å². The van der Waals surface area contributed by atoms with Crippen molar-refractivity contribution in [3.8, 4) is 0 Å². The Morgan fingerprint density at radius 1 is 0.960 bits per heavy atom. The largest absolute Gasteiger partial charge is 0.480 e. The van der Waals surface area contributed by atoms with Crippen molar-refractivity contribution in [3.05, 3.63) is 27.8 Å². The molecule has 0 saturated carbocycles. The molecule has 0 radical (unpaired) electrons. The summed E-state index contributed by atoms with van der Waals surface area (Å²) in [5.74, 6) is -1.67. The van der Waals surface area contributed by atoms with Crippen molar-refractivity contribution in [1.29, 1.82) is 0 Å². The van der Waals surface area contributed by atoms with E-state index in [2.05, 4.69) is 10.0 Å². The Balaban J connectivity index is 2.91. The number of aliphatic carboxylic acids is 1. The molecule has 8 heteroatoms. The number of rotatable bonds is 7. The molecule has 0 saturated heterocycles. The highest BCUT2D eigenvalue weighted by Gasteiger charge is 2.23. The second-order valence-electron chi connectivity index (χ2n) is 6.23. The van der Waals surface area contributed by atoms with Gasteiger partial charge < -0.3 is 10.4 Å². The normalized spacial score (nSPS) is 12.7. The van der Waals surface area contributed by atoms with Crippen LogP contribution in [-0.2, 0) is 19.6 Å². The Morgan fingerprint density at radius 2 is 1.40 bits per heavy atom. The first-order valence-corrected chi connectivity index (χ1v) is 9.47. The number of sulfonamides is 1. The van der Waals surface area contributed by atoms with Gasteiger partial charge >= 0.3 is 5.97 Å². The minimum Gasteiger partial charge on any atom is -0.480 e. The van der Waals surface area contributed by atoms with Crippen LogP contribution in [0.5, 0.6) is 0 Å². The van der Waals surface area contributed by atoms with Gasteiger partial charge in [0.05, 0.1) is 4.90 Å². The van der Waals surface area contributed by atoms with E-state index in [9.17, 15) is 18.0 Å². The van der Waals surface area contributed by atoms with Gasteiger partial charge in [-0.25, -0.2) is 13.1 Å². The number of hydrogen-bond donors (Lipinski definition) is 3. The van der Waals surface area contributed by atoms with Crippen LogP contribution < -0.4 is 10.0 Å². The topological polar surface area (TPSA) is 113 Å². The van der Waals surface area contributed by atoms with Gasteiger partial charge in [0.2, 0.25) is 15.9 Å². The molecule has 1 aromatic rings. The number of benzene rings is 1. The number of carboxylic acid groups (broad SMARTS) is 1. The van der Waals surface area contributed by atoms with Crippen LogP contribution in [0.3, 0.4) is 0 Å². The van der Waals surface area contributed by atoms with Crippen molar-refractivity contribution in [2.75, 3.05) is 6.54 Å². The second kappa shape index (κ2) is 7.97. The summed E-state index contributed by atoms with van der Waals surface area (Å²) < 4.78 is 27.8. The SMILES string of the molecule is Cc1c(C)c(C)c(S(=O)(=O)NCCC(=O)N[C@H](C)C(=O)O)c(C)c1C. The third-order valence-corrected chi connectivity index (χ3v) is 6.33. The lowest BCUT2D eigenvalue weighted by Gasteiger charge is -2.19. The molecule has 0 spiro atoms. The molecule has 3 N–H and O–H groups in total. The summed E-state index contributed by atoms with van der Waals surface area (Å²) in [6.45, 7) is 10.5. The average molecular weight is 370 g/mol. The van der Waals surface area contributed by atoms with Crippen molar-refractivity contribution in [1.82, 2.24) is 10.0 Å². The van der Waals surface area contributed by atoms with E-state index >= 15 is 0 Å². The molecule has 0 heterocycles. The lowest BCUT2D eigenvalue weighted by Crippen LogP contribution is -2.40. The van der Waals surface area contributed by atoms with Crippen molar-refractivity contribution in [2.24, 2.45) is 0 Å². The third-order valence-electron chi connectivity index (χ3n) is 4.59. The standard InChI is InChI=1S/C17H26N2O5S/c1-9-10(2)12(4)16(13(5)11(9)3)25(23,24)18-8-7-15(20)19-14(6)17(21)22/h14,18H,7-8H2,1-6H3,(H,19,20)(H,21,22)/t14-/m1/s1. The summed E-state index contributed by atoms with van der Waals surface area (Å²) in [5.41, 5.74) is 4.30. The van der Waals surface area contributed by atoms with Crippen LogP contribution in [0.15, 0.2) is 4.90 Å². The van der Waals surface area contributed by atoms with E-state index in [1.807, 2.05) is 20.8 Å². The van der Waals surface area contributed by atoms with Gasteiger partial charge in [0.15, 0.2) is 0 Å². The van der Waals surface area contributed by atoms with Gasteiger partial charge in [0, 0.05) is 13.0 Å². The number of carbonyl (C=O) groups excluding carboxylic acids is 1. The van der Waals surface area contributed by atoms with E-state index < -0.39 is 27.9 Å². The van der Waals surface area contributed by atoms with E-state index in [1.165, 1.54) is 6.92 Å².